The number of phenolic OH excluding ortho intramolecular Hbond substituents is 1. The van der Waals surface area contributed by atoms with E-state index in [-0.39, 0.29) is 35.0 Å². The van der Waals surface area contributed by atoms with E-state index in [4.69, 9.17) is 17.5 Å². The average molecular weight is 411 g/mol. The Labute approximate surface area is 165 Å². The molecule has 8 heteroatoms. The Morgan fingerprint density at radius 3 is 2.09 bits per heavy atom. The normalized spacial score (nSPS) is 14.0. The first-order valence-corrected chi connectivity index (χ1v) is 8.54. The van der Waals surface area contributed by atoms with Crippen molar-refractivity contribution in [2.45, 2.75) is 19.3 Å². The molecule has 0 spiro atoms. The zero-order valence-electron chi connectivity index (χ0n) is 11.9. The van der Waals surface area contributed by atoms with Crippen LogP contribution in [0.3, 0.4) is 0 Å². The number of benzene rings is 2. The van der Waals surface area contributed by atoms with Crippen LogP contribution in [0.2, 0.25) is 0 Å². The molecule has 0 saturated carbocycles. The van der Waals surface area contributed by atoms with Crippen LogP contribution in [0.4, 0.5) is 0 Å². The van der Waals surface area contributed by atoms with Gasteiger partial charge in [-0.25, -0.2) is 0 Å². The number of aromatic hydroxyl groups is 1. The van der Waals surface area contributed by atoms with Gasteiger partial charge in [0, 0.05) is 5.41 Å². The van der Waals surface area contributed by atoms with Crippen LogP contribution in [-0.4, -0.2) is 52.2 Å². The van der Waals surface area contributed by atoms with Crippen molar-refractivity contribution in [2.24, 2.45) is 0 Å². The molecule has 0 fully saturated rings. The van der Waals surface area contributed by atoms with E-state index in [1.165, 1.54) is 22.3 Å². The zero-order chi connectivity index (χ0) is 16.7. The van der Waals surface area contributed by atoms with Gasteiger partial charge in [0.1, 0.15) is 5.75 Å². The first kappa shape index (κ1) is 20.6. The van der Waals surface area contributed by atoms with Gasteiger partial charge in [-0.2, -0.15) is 8.42 Å². The van der Waals surface area contributed by atoms with Gasteiger partial charge in [0.05, 0.1) is 4.47 Å². The fourth-order valence-electron chi connectivity index (χ4n) is 2.80. The van der Waals surface area contributed by atoms with E-state index in [0.29, 0.717) is 5.75 Å². The van der Waals surface area contributed by atoms with Crippen molar-refractivity contribution in [1.29, 1.82) is 0 Å². The van der Waals surface area contributed by atoms with E-state index in [1.807, 2.05) is 6.07 Å². The maximum atomic E-state index is 9.85. The molecule has 120 valence electrons. The SMILES string of the molecule is CC1(C)c2ccccc2-c2ccc(O)c(Br)c21.O=S(=O)(O)O.[NaH]. The summed E-state index contributed by atoms with van der Waals surface area (Å²) in [5.41, 5.74) is 4.92. The summed E-state index contributed by atoms with van der Waals surface area (Å²) in [6, 6.07) is 12.2. The van der Waals surface area contributed by atoms with Crippen molar-refractivity contribution >= 4 is 55.9 Å². The zero-order valence-corrected chi connectivity index (χ0v) is 14.3. The van der Waals surface area contributed by atoms with Crippen LogP contribution >= 0.6 is 15.9 Å². The predicted octanol–water partition coefficient (Wildman–Crippen LogP) is 3.16. The summed E-state index contributed by atoms with van der Waals surface area (Å²) >= 11 is 3.52. The van der Waals surface area contributed by atoms with Crippen molar-refractivity contribution in [3.63, 3.8) is 0 Å². The topological polar surface area (TPSA) is 94.8 Å². The Hall–Kier alpha value is -0.410. The molecule has 0 unspecified atom stereocenters. The number of fused-ring (bicyclic) bond motifs is 3. The number of hydrogen-bond acceptors (Lipinski definition) is 3. The van der Waals surface area contributed by atoms with Gasteiger partial charge in [-0.1, -0.05) is 44.2 Å². The van der Waals surface area contributed by atoms with E-state index in [9.17, 15) is 5.11 Å². The maximum absolute atomic E-state index is 9.85. The summed E-state index contributed by atoms with van der Waals surface area (Å²) in [4.78, 5) is 0. The van der Waals surface area contributed by atoms with E-state index >= 15 is 0 Å². The molecule has 1 aliphatic carbocycles. The number of rotatable bonds is 0. The molecule has 23 heavy (non-hydrogen) atoms. The summed E-state index contributed by atoms with van der Waals surface area (Å²) in [5.74, 6) is 0.310. The van der Waals surface area contributed by atoms with E-state index in [0.717, 1.165) is 4.47 Å². The van der Waals surface area contributed by atoms with Crippen molar-refractivity contribution < 1.29 is 22.6 Å². The second kappa shape index (κ2) is 7.23. The number of phenols is 1. The molecule has 2 aromatic carbocycles. The molecule has 2 aromatic rings. The summed E-state index contributed by atoms with van der Waals surface area (Å²) in [6.45, 7) is 4.39. The first-order valence-electron chi connectivity index (χ1n) is 6.35. The van der Waals surface area contributed by atoms with Crippen LogP contribution in [0.15, 0.2) is 40.9 Å². The molecule has 0 radical (unpaired) electrons. The predicted molar refractivity (Wildman–Crippen MR) is 94.7 cm³/mol. The molecule has 1 aliphatic rings. The third kappa shape index (κ3) is 4.36. The molecule has 0 atom stereocenters. The molecular formula is C15H16BrNaO5S. The van der Waals surface area contributed by atoms with Gasteiger partial charge < -0.3 is 5.11 Å². The molecule has 3 rings (SSSR count). The Morgan fingerprint density at radius 1 is 1.00 bits per heavy atom. The van der Waals surface area contributed by atoms with Gasteiger partial charge in [0.25, 0.3) is 0 Å². The molecule has 0 saturated heterocycles. The van der Waals surface area contributed by atoms with E-state index < -0.39 is 10.4 Å². The van der Waals surface area contributed by atoms with Crippen LogP contribution in [-0.2, 0) is 15.8 Å². The quantitative estimate of drug-likeness (QED) is 0.457. The number of halogens is 1. The van der Waals surface area contributed by atoms with E-state index in [2.05, 4.69) is 54.0 Å². The Balaban J connectivity index is 0.000000390. The minimum atomic E-state index is -4.67. The summed E-state index contributed by atoms with van der Waals surface area (Å²) in [6.07, 6.45) is 0. The van der Waals surface area contributed by atoms with Crippen molar-refractivity contribution in [3.8, 4) is 16.9 Å². The molecule has 0 amide bonds. The first-order chi connectivity index (χ1) is 10.0. The molecule has 5 nitrogen and oxygen atoms in total. The fourth-order valence-corrected chi connectivity index (χ4v) is 3.64. The Bertz CT molecular complexity index is 826. The van der Waals surface area contributed by atoms with Crippen LogP contribution in [0.1, 0.15) is 25.0 Å². The summed E-state index contributed by atoms with van der Waals surface area (Å²) in [5, 5.41) is 9.85. The van der Waals surface area contributed by atoms with Crippen molar-refractivity contribution in [3.05, 3.63) is 52.0 Å². The van der Waals surface area contributed by atoms with Crippen LogP contribution < -0.4 is 0 Å². The van der Waals surface area contributed by atoms with Crippen LogP contribution in [0.25, 0.3) is 11.1 Å². The molecule has 0 heterocycles. The average Bonchev–Trinajstić information content (AvgIpc) is 2.62. The third-order valence-corrected chi connectivity index (χ3v) is 4.44. The van der Waals surface area contributed by atoms with Gasteiger partial charge in [-0.3, -0.25) is 9.11 Å². The molecule has 0 aromatic heterocycles. The van der Waals surface area contributed by atoms with Gasteiger partial charge >= 0.3 is 40.0 Å². The third-order valence-electron chi connectivity index (χ3n) is 3.64. The van der Waals surface area contributed by atoms with Gasteiger partial charge in [0.2, 0.25) is 0 Å². The fraction of sp³-hybridized carbons (Fsp3) is 0.200. The Morgan fingerprint density at radius 2 is 1.52 bits per heavy atom. The molecule has 0 bridgehead atoms. The number of hydrogen-bond donors (Lipinski definition) is 3. The summed E-state index contributed by atoms with van der Waals surface area (Å²) < 4.78 is 32.4. The second-order valence-corrected chi connectivity index (χ2v) is 7.13. The molecule has 3 N–H and O–H groups in total. The van der Waals surface area contributed by atoms with Crippen molar-refractivity contribution in [1.82, 2.24) is 0 Å². The molecule has 0 aliphatic heterocycles. The molecular weight excluding hydrogens is 395 g/mol. The van der Waals surface area contributed by atoms with Gasteiger partial charge in [-0.15, -0.1) is 0 Å². The van der Waals surface area contributed by atoms with Crippen molar-refractivity contribution in [2.75, 3.05) is 0 Å². The standard InChI is InChI=1S/C15H13BrO.Na.H2O4S.H/c1-15(2)11-6-4-3-5-9(11)10-7-8-12(17)14(16)13(10)15;;1-5(2,3)4;/h3-8,17H,1-2H3;;(H2,1,2,3,4);. The Kier molecular flexibility index (Phi) is 6.48. The van der Waals surface area contributed by atoms with Crippen LogP contribution in [0, 0.1) is 0 Å². The minimum absolute atomic E-state index is 0. The van der Waals surface area contributed by atoms with Crippen LogP contribution in [0.5, 0.6) is 5.75 Å². The monoisotopic (exact) mass is 410 g/mol. The van der Waals surface area contributed by atoms with Gasteiger partial charge in [-0.05, 0) is 44.3 Å². The van der Waals surface area contributed by atoms with E-state index in [1.54, 1.807) is 6.07 Å². The summed E-state index contributed by atoms with van der Waals surface area (Å²) in [7, 11) is -4.67. The van der Waals surface area contributed by atoms with Gasteiger partial charge in [0.15, 0.2) is 0 Å². The second-order valence-electron chi connectivity index (χ2n) is 5.44.